The number of amides is 3. The molecule has 0 spiro atoms. The number of para-hydroxylation sites is 1. The molecule has 4 aromatic rings. The van der Waals surface area contributed by atoms with E-state index in [0.717, 1.165) is 16.5 Å². The van der Waals surface area contributed by atoms with Crippen molar-refractivity contribution in [3.63, 3.8) is 0 Å². The van der Waals surface area contributed by atoms with Crippen molar-refractivity contribution in [3.8, 4) is 0 Å². The van der Waals surface area contributed by atoms with Crippen LogP contribution in [0.15, 0.2) is 89.3 Å². The van der Waals surface area contributed by atoms with Gasteiger partial charge in [-0.1, -0.05) is 60.7 Å². The zero-order valence-electron chi connectivity index (χ0n) is 22.9. The van der Waals surface area contributed by atoms with Crippen molar-refractivity contribution < 1.29 is 33.8 Å². The Labute approximate surface area is 271 Å². The molecular weight excluding hydrogens is 561 g/mol. The predicted octanol–water partition coefficient (Wildman–Crippen LogP) is 2.44. The summed E-state index contributed by atoms with van der Waals surface area (Å²) in [6.45, 7) is 0.468. The van der Waals surface area contributed by atoms with Crippen molar-refractivity contribution in [2.75, 3.05) is 13.1 Å². The number of aliphatic hydroxyl groups is 1. The molecule has 3 aromatic carbocycles. The van der Waals surface area contributed by atoms with Crippen LogP contribution in [0.3, 0.4) is 0 Å². The van der Waals surface area contributed by atoms with E-state index >= 15 is 0 Å². The van der Waals surface area contributed by atoms with E-state index in [4.69, 9.17) is 9.52 Å². The van der Waals surface area contributed by atoms with Crippen LogP contribution in [0.2, 0.25) is 0 Å². The summed E-state index contributed by atoms with van der Waals surface area (Å²) >= 11 is 0. The van der Waals surface area contributed by atoms with Crippen molar-refractivity contribution in [2.45, 2.75) is 37.8 Å². The minimum atomic E-state index is -1.20. The SMILES string of the molecule is O=C(O)c1ccc(CCNC(=O)[C@H](CCCNC(=O)[C@H](O)Cc2ccccc2)NC(=O)c2cc3ccccc3o2)cc1.[NaH]. The molecule has 0 saturated heterocycles. The van der Waals surface area contributed by atoms with Gasteiger partial charge in [0.05, 0.1) is 5.56 Å². The fraction of sp³-hybridized carbons (Fsp3) is 0.250. The van der Waals surface area contributed by atoms with Crippen molar-refractivity contribution >= 4 is 64.2 Å². The van der Waals surface area contributed by atoms with Crippen molar-refractivity contribution in [3.05, 3.63) is 107 Å². The fourth-order valence-electron chi connectivity index (χ4n) is 4.42. The Morgan fingerprint density at radius 3 is 2.16 bits per heavy atom. The third-order valence-corrected chi connectivity index (χ3v) is 6.73. The number of rotatable bonds is 14. The zero-order chi connectivity index (χ0) is 29.9. The number of aromatic carboxylic acids is 1. The summed E-state index contributed by atoms with van der Waals surface area (Å²) in [4.78, 5) is 49.5. The molecule has 0 saturated carbocycles. The summed E-state index contributed by atoms with van der Waals surface area (Å²) in [5.41, 5.74) is 2.41. The van der Waals surface area contributed by atoms with Gasteiger partial charge in [0.2, 0.25) is 11.8 Å². The number of aliphatic hydroxyl groups excluding tert-OH is 1. The molecule has 0 unspecified atom stereocenters. The summed E-state index contributed by atoms with van der Waals surface area (Å²) in [5.74, 6) is -2.40. The van der Waals surface area contributed by atoms with Gasteiger partial charge in [-0.3, -0.25) is 14.4 Å². The van der Waals surface area contributed by atoms with E-state index in [2.05, 4.69) is 16.0 Å². The monoisotopic (exact) mass is 595 g/mol. The molecule has 1 heterocycles. The molecule has 0 bridgehead atoms. The van der Waals surface area contributed by atoms with Crippen LogP contribution < -0.4 is 16.0 Å². The predicted molar refractivity (Wildman–Crippen MR) is 163 cm³/mol. The van der Waals surface area contributed by atoms with E-state index in [1.54, 1.807) is 30.3 Å². The quantitative estimate of drug-likeness (QED) is 0.111. The summed E-state index contributed by atoms with van der Waals surface area (Å²) in [6.07, 6.45) is 0.0260. The Kier molecular flexibility index (Phi) is 13.0. The van der Waals surface area contributed by atoms with Crippen LogP contribution in [0.25, 0.3) is 11.0 Å². The molecule has 1 aromatic heterocycles. The van der Waals surface area contributed by atoms with Gasteiger partial charge in [0.15, 0.2) is 5.76 Å². The first-order valence-electron chi connectivity index (χ1n) is 13.7. The summed E-state index contributed by atoms with van der Waals surface area (Å²) < 4.78 is 5.64. The number of hydrogen-bond donors (Lipinski definition) is 5. The third kappa shape index (κ3) is 10.1. The van der Waals surface area contributed by atoms with Gasteiger partial charge in [-0.15, -0.1) is 0 Å². The van der Waals surface area contributed by atoms with E-state index in [-0.39, 0.29) is 66.8 Å². The fourth-order valence-corrected chi connectivity index (χ4v) is 4.42. The van der Waals surface area contributed by atoms with Crippen molar-refractivity contribution in [1.29, 1.82) is 0 Å². The summed E-state index contributed by atoms with van der Waals surface area (Å²) in [6, 6.07) is 23.4. The van der Waals surface area contributed by atoms with E-state index in [1.165, 1.54) is 12.1 Å². The molecule has 0 aliphatic heterocycles. The van der Waals surface area contributed by atoms with Crippen LogP contribution in [0.5, 0.6) is 0 Å². The van der Waals surface area contributed by atoms with Crippen LogP contribution in [0, 0.1) is 0 Å². The first-order valence-corrected chi connectivity index (χ1v) is 13.7. The molecule has 0 aliphatic carbocycles. The summed E-state index contributed by atoms with van der Waals surface area (Å²) in [7, 11) is 0. The number of hydrogen-bond acceptors (Lipinski definition) is 6. The van der Waals surface area contributed by atoms with Gasteiger partial charge in [-0.25, -0.2) is 4.79 Å². The maximum atomic E-state index is 13.1. The van der Waals surface area contributed by atoms with Gasteiger partial charge in [0.25, 0.3) is 5.91 Å². The Morgan fingerprint density at radius 2 is 1.47 bits per heavy atom. The van der Waals surface area contributed by atoms with E-state index < -0.39 is 35.8 Å². The zero-order valence-corrected chi connectivity index (χ0v) is 22.9. The van der Waals surface area contributed by atoms with Gasteiger partial charge in [-0.2, -0.15) is 0 Å². The molecular formula is C32H34N3NaO7. The molecule has 4 rings (SSSR count). The third-order valence-electron chi connectivity index (χ3n) is 6.73. The second-order valence-corrected chi connectivity index (χ2v) is 9.86. The number of carboxylic acid groups (broad SMARTS) is 1. The van der Waals surface area contributed by atoms with Crippen LogP contribution in [0.1, 0.15) is 44.9 Å². The molecule has 0 aliphatic rings. The molecule has 11 heteroatoms. The van der Waals surface area contributed by atoms with Crippen LogP contribution in [0.4, 0.5) is 0 Å². The Bertz CT molecular complexity index is 1490. The maximum absolute atomic E-state index is 13.1. The number of benzene rings is 3. The van der Waals surface area contributed by atoms with Crippen LogP contribution in [-0.4, -0.2) is 88.7 Å². The molecule has 3 amide bonds. The molecule has 43 heavy (non-hydrogen) atoms. The van der Waals surface area contributed by atoms with Crippen LogP contribution in [-0.2, 0) is 22.4 Å². The first kappa shape index (κ1) is 33.5. The van der Waals surface area contributed by atoms with Crippen molar-refractivity contribution in [1.82, 2.24) is 16.0 Å². The van der Waals surface area contributed by atoms with Gasteiger partial charge in [0, 0.05) is 24.9 Å². The molecule has 0 radical (unpaired) electrons. The van der Waals surface area contributed by atoms with Gasteiger partial charge < -0.3 is 30.6 Å². The average Bonchev–Trinajstić information content (AvgIpc) is 3.44. The Hall–Kier alpha value is -3.96. The molecule has 5 N–H and O–H groups in total. The average molecular weight is 596 g/mol. The number of carbonyl (C=O) groups is 4. The van der Waals surface area contributed by atoms with Gasteiger partial charge >= 0.3 is 35.5 Å². The molecule has 2 atom stereocenters. The minimum absolute atomic E-state index is 0. The molecule has 0 fully saturated rings. The normalized spacial score (nSPS) is 12.0. The number of carbonyl (C=O) groups excluding carboxylic acids is 3. The summed E-state index contributed by atoms with van der Waals surface area (Å²) in [5, 5.41) is 28.3. The van der Waals surface area contributed by atoms with Gasteiger partial charge in [-0.05, 0) is 54.7 Å². The second kappa shape index (κ2) is 16.6. The number of nitrogens with one attached hydrogen (secondary N) is 3. The number of furan rings is 1. The number of carboxylic acids is 1. The topological polar surface area (TPSA) is 158 Å². The standard InChI is InChI=1S/C32H33N3O7.Na.H/c36-26(19-22-7-2-1-3-8-22)30(38)33-17-6-10-25(35-31(39)28-20-24-9-4-5-11-27(24)42-28)29(37)34-18-16-21-12-14-23(15-13-21)32(40)41;;/h1-5,7-9,11-15,20,25-26,36H,6,10,16-19H2,(H,33,38)(H,34,37)(H,35,39)(H,40,41);;/t25-,26+;;/m0../s1. The number of fused-ring (bicyclic) bond motifs is 1. The Balaban J connectivity index is 0.00000506. The van der Waals surface area contributed by atoms with Crippen LogP contribution >= 0.6 is 0 Å². The molecule has 10 nitrogen and oxygen atoms in total. The van der Waals surface area contributed by atoms with E-state index in [0.29, 0.717) is 18.4 Å². The van der Waals surface area contributed by atoms with Crippen molar-refractivity contribution in [2.24, 2.45) is 0 Å². The molecule has 220 valence electrons. The first-order chi connectivity index (χ1) is 20.3. The van der Waals surface area contributed by atoms with Gasteiger partial charge in [0.1, 0.15) is 17.7 Å². The van der Waals surface area contributed by atoms with E-state index in [1.807, 2.05) is 42.5 Å². The second-order valence-electron chi connectivity index (χ2n) is 9.86. The van der Waals surface area contributed by atoms with E-state index in [9.17, 15) is 24.3 Å². The Morgan fingerprint density at radius 1 is 0.791 bits per heavy atom.